The minimum absolute atomic E-state index is 0.0343. The van der Waals surface area contributed by atoms with Crippen LogP contribution < -0.4 is 10.1 Å². The lowest BCUT2D eigenvalue weighted by Crippen LogP contribution is -2.13. The van der Waals surface area contributed by atoms with Crippen LogP contribution in [0.25, 0.3) is 0 Å². The predicted molar refractivity (Wildman–Crippen MR) is 68.8 cm³/mol. The summed E-state index contributed by atoms with van der Waals surface area (Å²) >= 11 is 3.37. The Kier molecular flexibility index (Phi) is 4.80. The Morgan fingerprint density at radius 3 is 2.69 bits per heavy atom. The van der Waals surface area contributed by atoms with E-state index in [-0.39, 0.29) is 5.91 Å². The van der Waals surface area contributed by atoms with Gasteiger partial charge in [-0.3, -0.25) is 4.79 Å². The summed E-state index contributed by atoms with van der Waals surface area (Å²) in [6.45, 7) is 4.03. The third kappa shape index (κ3) is 3.85. The number of carbonyl (C=O) groups excluding carboxylic acids is 1. The molecule has 88 valence electrons. The number of ether oxygens (including phenoxy) is 1. The van der Waals surface area contributed by atoms with E-state index < -0.39 is 0 Å². The van der Waals surface area contributed by atoms with Crippen LogP contribution in [0.4, 0.5) is 5.69 Å². The molecule has 0 spiro atoms. The number of methoxy groups -OCH3 is 1. The first-order valence-corrected chi connectivity index (χ1v) is 5.95. The number of nitrogens with one attached hydrogen (secondary N) is 1. The standard InChI is InChI=1S/C12H16BrNO2/c1-8(2)6-12(15)14-9-4-5-11(16-3)10(13)7-9/h4-5,7-8H,6H2,1-3H3,(H,14,15). The van der Waals surface area contributed by atoms with Crippen molar-refractivity contribution in [2.24, 2.45) is 5.92 Å². The minimum Gasteiger partial charge on any atom is -0.496 e. The molecular weight excluding hydrogens is 270 g/mol. The summed E-state index contributed by atoms with van der Waals surface area (Å²) in [6, 6.07) is 5.47. The zero-order valence-electron chi connectivity index (χ0n) is 9.71. The van der Waals surface area contributed by atoms with Crippen LogP contribution >= 0.6 is 15.9 Å². The molecule has 0 saturated heterocycles. The summed E-state index contributed by atoms with van der Waals surface area (Å²) in [5.74, 6) is 1.15. The van der Waals surface area contributed by atoms with Crippen LogP contribution in [0.1, 0.15) is 20.3 Å². The predicted octanol–water partition coefficient (Wildman–Crippen LogP) is 3.44. The molecule has 0 aromatic heterocycles. The molecule has 0 aliphatic rings. The van der Waals surface area contributed by atoms with E-state index in [1.165, 1.54) is 0 Å². The van der Waals surface area contributed by atoms with Gasteiger partial charge in [0.05, 0.1) is 11.6 Å². The number of anilines is 1. The van der Waals surface area contributed by atoms with Gasteiger partial charge in [-0.15, -0.1) is 0 Å². The number of hydrogen-bond donors (Lipinski definition) is 1. The number of amides is 1. The van der Waals surface area contributed by atoms with E-state index in [1.807, 2.05) is 32.0 Å². The first-order chi connectivity index (χ1) is 7.52. The molecule has 1 N–H and O–H groups in total. The SMILES string of the molecule is COc1ccc(NC(=O)CC(C)C)cc1Br. The van der Waals surface area contributed by atoms with Crippen LogP contribution in [0, 0.1) is 5.92 Å². The Bertz CT molecular complexity index is 377. The van der Waals surface area contributed by atoms with Crippen molar-refractivity contribution in [3.8, 4) is 5.75 Å². The fraction of sp³-hybridized carbons (Fsp3) is 0.417. The molecule has 0 saturated carbocycles. The van der Waals surface area contributed by atoms with E-state index >= 15 is 0 Å². The Balaban J connectivity index is 2.68. The number of hydrogen-bond acceptors (Lipinski definition) is 2. The van der Waals surface area contributed by atoms with Crippen molar-refractivity contribution in [3.63, 3.8) is 0 Å². The van der Waals surface area contributed by atoms with Crippen LogP contribution in [0.5, 0.6) is 5.75 Å². The average Bonchev–Trinajstić information content (AvgIpc) is 2.16. The van der Waals surface area contributed by atoms with E-state index in [1.54, 1.807) is 7.11 Å². The molecule has 0 aliphatic heterocycles. The third-order valence-electron chi connectivity index (χ3n) is 2.03. The topological polar surface area (TPSA) is 38.3 Å². The highest BCUT2D eigenvalue weighted by molar-refractivity contribution is 9.10. The van der Waals surface area contributed by atoms with Crippen molar-refractivity contribution >= 4 is 27.5 Å². The van der Waals surface area contributed by atoms with Crippen LogP contribution in [0.2, 0.25) is 0 Å². The van der Waals surface area contributed by atoms with Crippen molar-refractivity contribution in [2.75, 3.05) is 12.4 Å². The highest BCUT2D eigenvalue weighted by Crippen LogP contribution is 2.27. The van der Waals surface area contributed by atoms with Gasteiger partial charge in [-0.25, -0.2) is 0 Å². The van der Waals surface area contributed by atoms with Crippen LogP contribution in [0.3, 0.4) is 0 Å². The van der Waals surface area contributed by atoms with Crippen LogP contribution in [-0.2, 0) is 4.79 Å². The molecule has 0 radical (unpaired) electrons. The highest BCUT2D eigenvalue weighted by Gasteiger charge is 2.06. The molecule has 0 bridgehead atoms. The maximum atomic E-state index is 11.5. The summed E-state index contributed by atoms with van der Waals surface area (Å²) in [7, 11) is 1.61. The lowest BCUT2D eigenvalue weighted by molar-refractivity contribution is -0.116. The number of carbonyl (C=O) groups is 1. The van der Waals surface area contributed by atoms with Gasteiger partial charge in [-0.05, 0) is 40.0 Å². The molecule has 0 atom stereocenters. The van der Waals surface area contributed by atoms with E-state index in [2.05, 4.69) is 21.2 Å². The van der Waals surface area contributed by atoms with Crippen molar-refractivity contribution in [2.45, 2.75) is 20.3 Å². The molecular formula is C12H16BrNO2. The fourth-order valence-corrected chi connectivity index (χ4v) is 1.87. The summed E-state index contributed by atoms with van der Waals surface area (Å²) in [4.78, 5) is 11.5. The number of halogens is 1. The summed E-state index contributed by atoms with van der Waals surface area (Å²) in [5.41, 5.74) is 0.776. The minimum atomic E-state index is 0.0343. The van der Waals surface area contributed by atoms with Gasteiger partial charge in [0.2, 0.25) is 5.91 Å². The van der Waals surface area contributed by atoms with Crippen molar-refractivity contribution in [3.05, 3.63) is 22.7 Å². The lowest BCUT2D eigenvalue weighted by Gasteiger charge is -2.09. The zero-order chi connectivity index (χ0) is 12.1. The molecule has 1 aromatic carbocycles. The fourth-order valence-electron chi connectivity index (χ4n) is 1.33. The van der Waals surface area contributed by atoms with Gasteiger partial charge in [-0.2, -0.15) is 0 Å². The smallest absolute Gasteiger partial charge is 0.224 e. The quantitative estimate of drug-likeness (QED) is 0.920. The van der Waals surface area contributed by atoms with Gasteiger partial charge in [0.15, 0.2) is 0 Å². The van der Waals surface area contributed by atoms with E-state index in [0.29, 0.717) is 12.3 Å². The zero-order valence-corrected chi connectivity index (χ0v) is 11.3. The summed E-state index contributed by atoms with van der Waals surface area (Å²) in [5, 5.41) is 2.84. The largest absolute Gasteiger partial charge is 0.496 e. The normalized spacial score (nSPS) is 10.3. The third-order valence-corrected chi connectivity index (χ3v) is 2.65. The van der Waals surface area contributed by atoms with Gasteiger partial charge < -0.3 is 10.1 Å². The average molecular weight is 286 g/mol. The number of rotatable bonds is 4. The maximum absolute atomic E-state index is 11.5. The Labute approximate surface area is 104 Å². The summed E-state index contributed by atoms with van der Waals surface area (Å²) < 4.78 is 5.94. The molecule has 0 heterocycles. The molecule has 16 heavy (non-hydrogen) atoms. The van der Waals surface area contributed by atoms with Crippen LogP contribution in [0.15, 0.2) is 22.7 Å². The van der Waals surface area contributed by atoms with E-state index in [9.17, 15) is 4.79 Å². The lowest BCUT2D eigenvalue weighted by atomic mass is 10.1. The van der Waals surface area contributed by atoms with E-state index in [4.69, 9.17) is 4.74 Å². The highest BCUT2D eigenvalue weighted by atomic mass is 79.9. The Morgan fingerprint density at radius 1 is 1.50 bits per heavy atom. The van der Waals surface area contributed by atoms with Gasteiger partial charge >= 0.3 is 0 Å². The second-order valence-electron chi connectivity index (χ2n) is 4.00. The molecule has 1 rings (SSSR count). The Morgan fingerprint density at radius 2 is 2.19 bits per heavy atom. The molecule has 3 nitrogen and oxygen atoms in total. The van der Waals surface area contributed by atoms with Gasteiger partial charge in [0.1, 0.15) is 5.75 Å². The van der Waals surface area contributed by atoms with Gasteiger partial charge in [-0.1, -0.05) is 13.8 Å². The molecule has 1 amide bonds. The Hall–Kier alpha value is -1.03. The number of benzene rings is 1. The van der Waals surface area contributed by atoms with Crippen molar-refractivity contribution in [1.29, 1.82) is 0 Å². The van der Waals surface area contributed by atoms with E-state index in [0.717, 1.165) is 15.9 Å². The molecule has 4 heteroatoms. The van der Waals surface area contributed by atoms with Crippen molar-refractivity contribution < 1.29 is 9.53 Å². The first kappa shape index (κ1) is 13.0. The van der Waals surface area contributed by atoms with Crippen LogP contribution in [-0.4, -0.2) is 13.0 Å². The summed E-state index contributed by atoms with van der Waals surface area (Å²) in [6.07, 6.45) is 0.531. The monoisotopic (exact) mass is 285 g/mol. The molecule has 1 aromatic rings. The first-order valence-electron chi connectivity index (χ1n) is 5.16. The molecule has 0 aliphatic carbocycles. The second-order valence-corrected chi connectivity index (χ2v) is 4.85. The van der Waals surface area contributed by atoms with Gasteiger partial charge in [0.25, 0.3) is 0 Å². The maximum Gasteiger partial charge on any atom is 0.224 e. The second kappa shape index (κ2) is 5.89. The molecule has 0 unspecified atom stereocenters. The van der Waals surface area contributed by atoms with Crippen molar-refractivity contribution in [1.82, 2.24) is 0 Å². The van der Waals surface area contributed by atoms with Gasteiger partial charge in [0, 0.05) is 12.1 Å². The molecule has 0 fully saturated rings.